The Labute approximate surface area is 155 Å². The van der Waals surface area contributed by atoms with Crippen LogP contribution in [-0.4, -0.2) is 37.2 Å². The van der Waals surface area contributed by atoms with E-state index in [0.29, 0.717) is 4.60 Å². The molecule has 140 valence electrons. The highest BCUT2D eigenvalue weighted by atomic mass is 79.9. The number of hydrogen-bond donors (Lipinski definition) is 1. The second kappa shape index (κ2) is 8.50. The number of hydrogen-bond acceptors (Lipinski definition) is 4. The molecule has 5 nitrogen and oxygen atoms in total. The van der Waals surface area contributed by atoms with Gasteiger partial charge in [0.15, 0.2) is 0 Å². The Balaban J connectivity index is 3.30. The topological polar surface area (TPSA) is 85.6 Å². The average Bonchev–Trinajstić information content (AvgIpc) is 2.43. The summed E-state index contributed by atoms with van der Waals surface area (Å²) in [5, 5.41) is 8.76. The highest BCUT2D eigenvalue weighted by molar-refractivity contribution is 9.10. The van der Waals surface area contributed by atoms with Gasteiger partial charge >= 0.3 is 12.1 Å². The van der Waals surface area contributed by atoms with Gasteiger partial charge in [-0.1, -0.05) is 10.5 Å². The molecule has 1 N–H and O–H groups in total. The van der Waals surface area contributed by atoms with Crippen molar-refractivity contribution in [1.82, 2.24) is 4.98 Å². The van der Waals surface area contributed by atoms with Gasteiger partial charge in [-0.2, -0.15) is 13.2 Å². The molecule has 0 aliphatic rings. The van der Waals surface area contributed by atoms with E-state index < -0.39 is 47.0 Å². The molecule has 1 rings (SSSR count). The van der Waals surface area contributed by atoms with Crippen LogP contribution in [0.25, 0.3) is 0 Å². The maximum absolute atomic E-state index is 13.2. The number of aliphatic carboxylic acids is 1. The highest BCUT2D eigenvalue weighted by Crippen LogP contribution is 2.33. The van der Waals surface area contributed by atoms with E-state index in [9.17, 15) is 22.5 Å². The molecule has 0 bridgehead atoms. The number of halogens is 4. The van der Waals surface area contributed by atoms with E-state index in [0.717, 1.165) is 0 Å². The van der Waals surface area contributed by atoms with Crippen molar-refractivity contribution >= 4 is 39.0 Å². The van der Waals surface area contributed by atoms with Crippen LogP contribution in [0.4, 0.5) is 13.2 Å². The summed E-state index contributed by atoms with van der Waals surface area (Å²) < 4.78 is 55.4. The molecule has 0 radical (unpaired) electrons. The first-order valence-corrected chi connectivity index (χ1v) is 9.11. The van der Waals surface area contributed by atoms with Crippen molar-refractivity contribution in [2.75, 3.05) is 0 Å². The van der Waals surface area contributed by atoms with Crippen LogP contribution in [0.2, 0.25) is 0 Å². The van der Waals surface area contributed by atoms with Crippen molar-refractivity contribution in [3.63, 3.8) is 0 Å². The molecule has 25 heavy (non-hydrogen) atoms. The summed E-state index contributed by atoms with van der Waals surface area (Å²) in [4.78, 5) is 14.8. The second-order valence-electron chi connectivity index (χ2n) is 6.29. The lowest BCUT2D eigenvalue weighted by molar-refractivity contribution is -0.181. The summed E-state index contributed by atoms with van der Waals surface area (Å²) in [6.07, 6.45) is -6.55. The van der Waals surface area contributed by atoms with Crippen molar-refractivity contribution in [3.8, 4) is 0 Å². The summed E-state index contributed by atoms with van der Waals surface area (Å²) in [5.41, 5.74) is -0.0234. The molecule has 1 unspecified atom stereocenters. The highest BCUT2D eigenvalue weighted by Gasteiger charge is 2.42. The third-order valence-corrected chi connectivity index (χ3v) is 4.93. The number of pyridine rings is 1. The van der Waals surface area contributed by atoms with Crippen LogP contribution in [0.15, 0.2) is 27.2 Å². The summed E-state index contributed by atoms with van der Waals surface area (Å²) in [5.74, 6) is -3.72. The van der Waals surface area contributed by atoms with Crippen molar-refractivity contribution in [2.45, 2.75) is 44.5 Å². The molecule has 0 fully saturated rings. The van der Waals surface area contributed by atoms with Crippen LogP contribution in [0.1, 0.15) is 39.3 Å². The lowest BCUT2D eigenvalue weighted by Crippen LogP contribution is -2.31. The molecule has 0 aromatic carbocycles. The largest absolute Gasteiger partial charge is 0.591 e. The minimum absolute atomic E-state index is 0.117. The van der Waals surface area contributed by atoms with Gasteiger partial charge in [0, 0.05) is 6.42 Å². The fraction of sp³-hybridized carbons (Fsp3) is 0.533. The summed E-state index contributed by atoms with van der Waals surface area (Å²) in [6, 6.07) is 4.58. The normalized spacial score (nSPS) is 15.8. The van der Waals surface area contributed by atoms with Gasteiger partial charge in [-0.3, -0.25) is 4.79 Å². The van der Waals surface area contributed by atoms with E-state index in [4.69, 9.17) is 5.11 Å². The summed E-state index contributed by atoms with van der Waals surface area (Å²) >= 11 is 1.31. The van der Waals surface area contributed by atoms with E-state index in [1.165, 1.54) is 6.07 Å². The zero-order valence-electron chi connectivity index (χ0n) is 13.8. The van der Waals surface area contributed by atoms with E-state index in [1.807, 2.05) is 0 Å². The molecule has 10 heteroatoms. The number of nitrogens with zero attached hydrogens (tertiary/aromatic N) is 2. The van der Waals surface area contributed by atoms with Gasteiger partial charge in [0.25, 0.3) is 0 Å². The van der Waals surface area contributed by atoms with E-state index in [-0.39, 0.29) is 11.4 Å². The van der Waals surface area contributed by atoms with E-state index in [1.54, 1.807) is 32.9 Å². The smallest absolute Gasteiger partial charge is 0.392 e. The van der Waals surface area contributed by atoms with Crippen LogP contribution >= 0.6 is 15.9 Å². The molecule has 0 saturated carbocycles. The Kier molecular flexibility index (Phi) is 7.45. The fourth-order valence-corrected chi connectivity index (χ4v) is 2.73. The fourth-order valence-electron chi connectivity index (χ4n) is 1.74. The lowest BCUT2D eigenvalue weighted by Gasteiger charge is -2.22. The van der Waals surface area contributed by atoms with Gasteiger partial charge in [-0.15, -0.1) is 0 Å². The quantitative estimate of drug-likeness (QED) is 0.407. The molecule has 0 saturated heterocycles. The average molecular weight is 443 g/mol. The minimum atomic E-state index is -4.73. The number of rotatable bonds is 6. The third kappa shape index (κ3) is 7.33. The van der Waals surface area contributed by atoms with Crippen molar-refractivity contribution in [1.29, 1.82) is 0 Å². The molecule has 1 aromatic heterocycles. The molecular formula is C15H18BrF3N2O3S. The predicted octanol–water partition coefficient (Wildman–Crippen LogP) is 4.14. The Bertz CT molecular complexity index is 648. The molecule has 1 aromatic rings. The standard InChI is InChI=1S/C15H18BrF3N2O3S/c1-14(2,3)25(24)21-11(10-5-4-6-12(16)20-10)7-9(8-13(22)23)15(17,18)19/h4-6,9H,7-8H2,1-3H3,(H,22,23)/t9-,25?/m1/s1. The third-order valence-electron chi connectivity index (χ3n) is 3.05. The molecule has 0 amide bonds. The molecule has 0 aliphatic heterocycles. The number of carboxylic acids is 1. The molecule has 0 spiro atoms. The summed E-state index contributed by atoms with van der Waals surface area (Å²) in [6.45, 7) is 4.91. The van der Waals surface area contributed by atoms with E-state index in [2.05, 4.69) is 25.3 Å². The zero-order chi connectivity index (χ0) is 19.4. The first-order chi connectivity index (χ1) is 11.3. The monoisotopic (exact) mass is 442 g/mol. The molecule has 2 atom stereocenters. The lowest BCUT2D eigenvalue weighted by atomic mass is 9.96. The zero-order valence-corrected chi connectivity index (χ0v) is 16.2. The Morgan fingerprint density at radius 3 is 2.40 bits per heavy atom. The molecule has 0 aliphatic carbocycles. The maximum Gasteiger partial charge on any atom is 0.392 e. The van der Waals surface area contributed by atoms with Crippen LogP contribution < -0.4 is 0 Å². The Hall–Kier alpha value is -1.13. The van der Waals surface area contributed by atoms with Gasteiger partial charge in [0.2, 0.25) is 0 Å². The van der Waals surface area contributed by atoms with Crippen LogP contribution in [0.5, 0.6) is 0 Å². The molecular weight excluding hydrogens is 425 g/mol. The number of carboxylic acid groups (broad SMARTS) is 1. The van der Waals surface area contributed by atoms with Crippen molar-refractivity contribution in [2.24, 2.45) is 10.3 Å². The minimum Gasteiger partial charge on any atom is -0.591 e. The van der Waals surface area contributed by atoms with Gasteiger partial charge < -0.3 is 9.66 Å². The van der Waals surface area contributed by atoms with Gasteiger partial charge in [0.1, 0.15) is 26.4 Å². The van der Waals surface area contributed by atoms with Crippen molar-refractivity contribution in [3.05, 3.63) is 28.5 Å². The molecule has 1 heterocycles. The first-order valence-electron chi connectivity index (χ1n) is 7.21. The maximum atomic E-state index is 13.2. The summed E-state index contributed by atoms with van der Waals surface area (Å²) in [7, 11) is 0. The van der Waals surface area contributed by atoms with Crippen LogP contribution in [0.3, 0.4) is 0 Å². The first kappa shape index (κ1) is 21.9. The van der Waals surface area contributed by atoms with Gasteiger partial charge in [-0.25, -0.2) is 4.98 Å². The SMILES string of the molecule is CC(C)(C)[S+]([O-])N=C(C[C@H](CC(=O)O)C(F)(F)F)c1cccc(Br)n1. The predicted molar refractivity (Wildman–Crippen MR) is 92.8 cm³/mol. The Morgan fingerprint density at radius 2 is 1.96 bits per heavy atom. The van der Waals surface area contributed by atoms with E-state index >= 15 is 0 Å². The van der Waals surface area contributed by atoms with Gasteiger partial charge in [-0.05, 0) is 48.8 Å². The van der Waals surface area contributed by atoms with Crippen molar-refractivity contribution < 1.29 is 27.6 Å². The second-order valence-corrected chi connectivity index (χ2v) is 9.00. The van der Waals surface area contributed by atoms with Crippen LogP contribution in [-0.2, 0) is 16.2 Å². The van der Waals surface area contributed by atoms with Gasteiger partial charge in [0.05, 0.1) is 18.0 Å². The Morgan fingerprint density at radius 1 is 1.36 bits per heavy atom. The van der Waals surface area contributed by atoms with Crippen LogP contribution in [0, 0.1) is 5.92 Å². The number of aromatic nitrogens is 1. The number of carbonyl (C=O) groups is 1. The number of alkyl halides is 3.